The lowest BCUT2D eigenvalue weighted by Crippen LogP contribution is -1.93. The third kappa shape index (κ3) is 1.67. The van der Waals surface area contributed by atoms with Crippen LogP contribution in [-0.4, -0.2) is 4.57 Å². The summed E-state index contributed by atoms with van der Waals surface area (Å²) in [6, 6.07) is 5.63. The summed E-state index contributed by atoms with van der Waals surface area (Å²) in [5.41, 5.74) is 0. The monoisotopic (exact) mass is 150 g/mol. The predicted molar refractivity (Wildman–Crippen MR) is 40.9 cm³/mol. The van der Waals surface area contributed by atoms with E-state index in [1.807, 2.05) is 6.07 Å². The van der Waals surface area contributed by atoms with E-state index in [0.717, 1.165) is 4.51 Å². The maximum atomic E-state index is 8.29. The number of aromatic nitrogens is 1. The highest BCUT2D eigenvalue weighted by Gasteiger charge is 1.82. The lowest BCUT2D eigenvalue weighted by atomic mass is 10.5. The molecule has 1 aromatic heterocycles. The molecular formula is C7H6N2S. The predicted octanol–water partition coefficient (Wildman–Crippen LogP) is 1.74. The Hall–Kier alpha value is -1.14. The summed E-state index contributed by atoms with van der Waals surface area (Å²) in [5.74, 6) is 0. The van der Waals surface area contributed by atoms with Gasteiger partial charge in [-0.15, -0.1) is 0 Å². The Morgan fingerprint density at radius 3 is 2.60 bits per heavy atom. The van der Waals surface area contributed by atoms with Crippen molar-refractivity contribution in [2.24, 2.45) is 0 Å². The Balaban J connectivity index is 2.92. The molecule has 0 bridgehead atoms. The van der Waals surface area contributed by atoms with Crippen molar-refractivity contribution < 1.29 is 0 Å². The van der Waals surface area contributed by atoms with E-state index >= 15 is 0 Å². The van der Waals surface area contributed by atoms with E-state index in [1.165, 1.54) is 0 Å². The van der Waals surface area contributed by atoms with Crippen molar-refractivity contribution in [2.45, 2.75) is 6.54 Å². The van der Waals surface area contributed by atoms with Crippen molar-refractivity contribution in [1.82, 2.24) is 4.57 Å². The molecule has 0 unspecified atom stereocenters. The topological polar surface area (TPSA) is 28.7 Å². The molecule has 1 heterocycles. The minimum Gasteiger partial charge on any atom is -0.341 e. The van der Waals surface area contributed by atoms with Gasteiger partial charge in [0.25, 0.3) is 0 Å². The van der Waals surface area contributed by atoms with E-state index in [0.29, 0.717) is 6.54 Å². The maximum Gasteiger partial charge on any atom is 0.109 e. The molecule has 1 aromatic rings. The number of nitriles is 1. The molecule has 0 radical (unpaired) electrons. The summed E-state index contributed by atoms with van der Waals surface area (Å²) in [6.07, 6.45) is 3.59. The van der Waals surface area contributed by atoms with Crippen LogP contribution in [0.25, 0.3) is 0 Å². The van der Waals surface area contributed by atoms with Crippen molar-refractivity contribution in [3.05, 3.63) is 29.0 Å². The zero-order chi connectivity index (χ0) is 7.40. The molecule has 3 heteroatoms. The van der Waals surface area contributed by atoms with Crippen molar-refractivity contribution in [1.29, 1.82) is 5.26 Å². The summed E-state index contributed by atoms with van der Waals surface area (Å²) in [7, 11) is 0. The fourth-order valence-electron chi connectivity index (χ4n) is 0.631. The zero-order valence-electron chi connectivity index (χ0n) is 5.32. The molecule has 0 aliphatic heterocycles. The molecule has 50 valence electrons. The summed E-state index contributed by atoms with van der Waals surface area (Å²) < 4.78 is 2.57. The average molecular weight is 150 g/mol. The lowest BCUT2D eigenvalue weighted by molar-refractivity contribution is 0.822. The van der Waals surface area contributed by atoms with E-state index in [2.05, 4.69) is 0 Å². The molecule has 0 saturated heterocycles. The van der Waals surface area contributed by atoms with Gasteiger partial charge < -0.3 is 4.57 Å². The van der Waals surface area contributed by atoms with Crippen LogP contribution in [0.1, 0.15) is 0 Å². The first-order valence-electron chi connectivity index (χ1n) is 2.86. The Bertz CT molecular complexity index is 288. The highest BCUT2D eigenvalue weighted by Crippen LogP contribution is 1.90. The van der Waals surface area contributed by atoms with Crippen LogP contribution in [0, 0.1) is 15.8 Å². The number of nitrogens with zero attached hydrogens (tertiary/aromatic N) is 2. The smallest absolute Gasteiger partial charge is 0.109 e. The van der Waals surface area contributed by atoms with Gasteiger partial charge in [-0.1, -0.05) is 12.2 Å². The molecule has 0 atom stereocenters. The number of rotatable bonds is 1. The van der Waals surface area contributed by atoms with Crippen LogP contribution < -0.4 is 0 Å². The summed E-state index contributed by atoms with van der Waals surface area (Å²) in [6.45, 7) is 0.385. The normalized spacial score (nSPS) is 8.70. The molecule has 0 N–H and O–H groups in total. The molecule has 0 saturated carbocycles. The van der Waals surface area contributed by atoms with Gasteiger partial charge in [0.2, 0.25) is 0 Å². The van der Waals surface area contributed by atoms with Crippen LogP contribution in [0.4, 0.5) is 0 Å². The van der Waals surface area contributed by atoms with Crippen LogP contribution in [0.2, 0.25) is 0 Å². The molecule has 0 spiro atoms. The molecule has 0 aliphatic rings. The first-order chi connectivity index (χ1) is 4.83. The van der Waals surface area contributed by atoms with E-state index in [4.69, 9.17) is 17.5 Å². The second-order valence-electron chi connectivity index (χ2n) is 1.86. The van der Waals surface area contributed by atoms with Gasteiger partial charge in [-0.05, 0) is 12.1 Å². The lowest BCUT2D eigenvalue weighted by Gasteiger charge is -1.96. The minimum atomic E-state index is 0.385. The number of pyridine rings is 1. The standard InChI is InChI=1S/C7H6N2S/c8-3-6-9-4-1-7(10)2-5-9/h1-2,4-5H,6H2. The van der Waals surface area contributed by atoms with Gasteiger partial charge in [0.15, 0.2) is 0 Å². The van der Waals surface area contributed by atoms with Gasteiger partial charge in [0, 0.05) is 16.9 Å². The third-order valence-corrected chi connectivity index (χ3v) is 1.39. The SMILES string of the molecule is N#CCn1ccc(=S)cc1. The second-order valence-corrected chi connectivity index (χ2v) is 2.34. The molecule has 0 fully saturated rings. The fraction of sp³-hybridized carbons (Fsp3) is 0.143. The molecule has 0 aliphatic carbocycles. The van der Waals surface area contributed by atoms with Crippen LogP contribution in [0.15, 0.2) is 24.5 Å². The Kier molecular flexibility index (Phi) is 2.19. The van der Waals surface area contributed by atoms with Crippen LogP contribution >= 0.6 is 12.2 Å². The highest BCUT2D eigenvalue weighted by atomic mass is 32.1. The van der Waals surface area contributed by atoms with Gasteiger partial charge in [0.05, 0.1) is 6.07 Å². The minimum absolute atomic E-state index is 0.385. The van der Waals surface area contributed by atoms with E-state index in [1.54, 1.807) is 29.1 Å². The van der Waals surface area contributed by atoms with Crippen molar-refractivity contribution in [3.63, 3.8) is 0 Å². The van der Waals surface area contributed by atoms with Gasteiger partial charge >= 0.3 is 0 Å². The Morgan fingerprint density at radius 2 is 2.10 bits per heavy atom. The Labute approximate surface area is 64.3 Å². The molecule has 2 nitrogen and oxygen atoms in total. The molecular weight excluding hydrogens is 144 g/mol. The first-order valence-corrected chi connectivity index (χ1v) is 3.27. The van der Waals surface area contributed by atoms with E-state index in [9.17, 15) is 0 Å². The van der Waals surface area contributed by atoms with Gasteiger partial charge in [0.1, 0.15) is 6.54 Å². The quantitative estimate of drug-likeness (QED) is 0.570. The molecule has 10 heavy (non-hydrogen) atoms. The van der Waals surface area contributed by atoms with Gasteiger partial charge in [-0.2, -0.15) is 5.26 Å². The van der Waals surface area contributed by atoms with Crippen LogP contribution in [-0.2, 0) is 6.54 Å². The molecule has 0 amide bonds. The first kappa shape index (κ1) is 6.97. The van der Waals surface area contributed by atoms with Gasteiger partial charge in [-0.25, -0.2) is 0 Å². The van der Waals surface area contributed by atoms with Gasteiger partial charge in [-0.3, -0.25) is 0 Å². The summed E-state index contributed by atoms with van der Waals surface area (Å²) in [4.78, 5) is 0. The zero-order valence-corrected chi connectivity index (χ0v) is 6.14. The van der Waals surface area contributed by atoms with Crippen molar-refractivity contribution in [2.75, 3.05) is 0 Å². The van der Waals surface area contributed by atoms with Crippen molar-refractivity contribution in [3.8, 4) is 6.07 Å². The van der Waals surface area contributed by atoms with E-state index < -0.39 is 0 Å². The van der Waals surface area contributed by atoms with Crippen molar-refractivity contribution >= 4 is 12.2 Å². The highest BCUT2D eigenvalue weighted by molar-refractivity contribution is 7.71. The van der Waals surface area contributed by atoms with E-state index in [-0.39, 0.29) is 0 Å². The average Bonchev–Trinajstić information content (AvgIpc) is 1.95. The molecule has 0 aromatic carbocycles. The summed E-state index contributed by atoms with van der Waals surface area (Å²) >= 11 is 4.86. The maximum absolute atomic E-state index is 8.29. The van der Waals surface area contributed by atoms with Crippen LogP contribution in [0.5, 0.6) is 0 Å². The summed E-state index contributed by atoms with van der Waals surface area (Å²) in [5, 5.41) is 8.29. The Morgan fingerprint density at radius 1 is 1.50 bits per heavy atom. The van der Waals surface area contributed by atoms with Crippen LogP contribution in [0.3, 0.4) is 0 Å². The molecule has 1 rings (SSSR count). The number of hydrogen-bond donors (Lipinski definition) is 0. The second kappa shape index (κ2) is 3.14. The third-order valence-electron chi connectivity index (χ3n) is 1.11. The number of hydrogen-bond acceptors (Lipinski definition) is 2. The largest absolute Gasteiger partial charge is 0.341 e. The fourth-order valence-corrected chi connectivity index (χ4v) is 0.752.